The van der Waals surface area contributed by atoms with Gasteiger partial charge in [-0.1, -0.05) is 6.07 Å². The molecule has 190 valence electrons. The molecule has 10 nitrogen and oxygen atoms in total. The predicted molar refractivity (Wildman–Crippen MR) is 129 cm³/mol. The Morgan fingerprint density at radius 1 is 1.17 bits per heavy atom. The van der Waals surface area contributed by atoms with Gasteiger partial charge in [0.15, 0.2) is 17.1 Å². The topological polar surface area (TPSA) is 108 Å². The number of benzene rings is 1. The molecule has 11 heteroatoms. The lowest BCUT2D eigenvalue weighted by atomic mass is 10.1. The summed E-state index contributed by atoms with van der Waals surface area (Å²) < 4.78 is 28.2. The lowest BCUT2D eigenvalue weighted by molar-refractivity contribution is 0.0711. The Hall–Kier alpha value is -3.89. The van der Waals surface area contributed by atoms with Crippen LogP contribution in [0.4, 0.5) is 4.39 Å². The van der Waals surface area contributed by atoms with E-state index in [-0.39, 0.29) is 40.5 Å². The van der Waals surface area contributed by atoms with Crippen molar-refractivity contribution < 1.29 is 23.5 Å². The number of likely N-dealkylation sites (N-methyl/N-ethyl adjacent to an activating group) is 1. The summed E-state index contributed by atoms with van der Waals surface area (Å²) in [7, 11) is 1.40. The van der Waals surface area contributed by atoms with Crippen molar-refractivity contribution in [1.29, 1.82) is 0 Å². The Balaban J connectivity index is 1.77. The van der Waals surface area contributed by atoms with Gasteiger partial charge in [-0.05, 0) is 32.3 Å². The van der Waals surface area contributed by atoms with Crippen LogP contribution in [-0.2, 0) is 13.1 Å². The molecule has 36 heavy (non-hydrogen) atoms. The molecule has 2 bridgehead atoms. The van der Waals surface area contributed by atoms with E-state index in [2.05, 4.69) is 10.4 Å². The van der Waals surface area contributed by atoms with Crippen LogP contribution in [0.2, 0.25) is 0 Å². The van der Waals surface area contributed by atoms with E-state index in [0.717, 1.165) is 17.5 Å². The first-order valence-corrected chi connectivity index (χ1v) is 12.1. The minimum Gasteiger partial charge on any atom is -0.493 e. The minimum absolute atomic E-state index is 0.0357. The first-order valence-electron chi connectivity index (χ1n) is 12.1. The number of aromatic nitrogens is 3. The second-order valence-electron chi connectivity index (χ2n) is 8.87. The first-order chi connectivity index (χ1) is 17.4. The fourth-order valence-electron chi connectivity index (χ4n) is 4.88. The molecule has 0 spiro atoms. The summed E-state index contributed by atoms with van der Waals surface area (Å²) in [6.45, 7) is 3.97. The molecule has 0 unspecified atom stereocenters. The molecule has 0 radical (unpaired) electrons. The largest absolute Gasteiger partial charge is 0.493 e. The van der Waals surface area contributed by atoms with Gasteiger partial charge in [0.1, 0.15) is 17.0 Å². The van der Waals surface area contributed by atoms with Crippen molar-refractivity contribution in [2.75, 3.05) is 33.4 Å². The lowest BCUT2D eigenvalue weighted by Crippen LogP contribution is -2.40. The molecule has 0 fully saturated rings. The quantitative estimate of drug-likeness (QED) is 0.582. The molecule has 3 aromatic rings. The maximum Gasteiger partial charge on any atom is 0.280 e. The average molecular weight is 498 g/mol. The van der Waals surface area contributed by atoms with E-state index in [0.29, 0.717) is 50.5 Å². The normalized spacial score (nSPS) is 16.6. The van der Waals surface area contributed by atoms with Crippen molar-refractivity contribution in [2.45, 2.75) is 39.3 Å². The van der Waals surface area contributed by atoms with Gasteiger partial charge in [0.05, 0.1) is 25.8 Å². The standard InChI is InChI=1S/C25H28FN5O5/c1-3-29-10-11-30-20-18(22(35-2)21(30)25(29)34)24(33)31-14-15-7-8-16(26)13-17(15)36-12-6-4-5-9-27-23(32)19(20)28-31/h7-8,13H,3-6,9-12,14H2,1-2H3,(H,27,32). The van der Waals surface area contributed by atoms with Crippen LogP contribution < -0.4 is 20.3 Å². The number of hydrogen-bond acceptors (Lipinski definition) is 6. The highest BCUT2D eigenvalue weighted by molar-refractivity contribution is 6.10. The van der Waals surface area contributed by atoms with Crippen LogP contribution in [0.3, 0.4) is 0 Å². The third-order valence-corrected chi connectivity index (χ3v) is 6.71. The monoisotopic (exact) mass is 497 g/mol. The summed E-state index contributed by atoms with van der Waals surface area (Å²) in [5, 5.41) is 7.46. The number of carbonyl (C=O) groups excluding carboxylic acids is 2. The SMILES string of the molecule is CCN1CCn2c(c(OC)c3c(=O)n4nc(c32)C(=O)NCCCCCOc2cc(F)ccc2C4)C1=O. The third kappa shape index (κ3) is 3.98. The second kappa shape index (κ2) is 9.63. The number of hydrogen-bond donors (Lipinski definition) is 1. The molecular formula is C25H28FN5O5. The van der Waals surface area contributed by atoms with E-state index in [1.54, 1.807) is 15.5 Å². The van der Waals surface area contributed by atoms with E-state index in [1.807, 2.05) is 6.92 Å². The number of ether oxygens (including phenoxy) is 2. The zero-order valence-corrected chi connectivity index (χ0v) is 20.3. The van der Waals surface area contributed by atoms with E-state index in [9.17, 15) is 18.8 Å². The second-order valence-corrected chi connectivity index (χ2v) is 8.87. The number of carbonyl (C=O) groups is 2. The van der Waals surface area contributed by atoms with Crippen molar-refractivity contribution >= 4 is 22.7 Å². The maximum absolute atomic E-state index is 14.0. The molecule has 0 saturated heterocycles. The molecule has 2 amide bonds. The van der Waals surface area contributed by atoms with Crippen molar-refractivity contribution in [3.8, 4) is 11.5 Å². The summed E-state index contributed by atoms with van der Waals surface area (Å²) in [5.74, 6) is -0.709. The van der Waals surface area contributed by atoms with Gasteiger partial charge in [-0.15, -0.1) is 0 Å². The van der Waals surface area contributed by atoms with Gasteiger partial charge in [0.2, 0.25) is 0 Å². The van der Waals surface area contributed by atoms with Gasteiger partial charge in [-0.25, -0.2) is 9.07 Å². The van der Waals surface area contributed by atoms with Crippen LogP contribution in [0.1, 0.15) is 52.7 Å². The number of halogens is 1. The van der Waals surface area contributed by atoms with Gasteiger partial charge < -0.3 is 24.3 Å². The van der Waals surface area contributed by atoms with Gasteiger partial charge in [-0.3, -0.25) is 14.4 Å². The number of rotatable bonds is 2. The van der Waals surface area contributed by atoms with Crippen LogP contribution in [0, 0.1) is 5.82 Å². The third-order valence-electron chi connectivity index (χ3n) is 6.71. The number of nitrogens with one attached hydrogen (secondary N) is 1. The van der Waals surface area contributed by atoms with Crippen LogP contribution >= 0.6 is 0 Å². The smallest absolute Gasteiger partial charge is 0.280 e. The van der Waals surface area contributed by atoms with Crippen molar-refractivity contribution in [3.05, 3.63) is 51.3 Å². The van der Waals surface area contributed by atoms with Crippen LogP contribution in [0.5, 0.6) is 11.5 Å². The van der Waals surface area contributed by atoms with Gasteiger partial charge in [0.25, 0.3) is 17.4 Å². The van der Waals surface area contributed by atoms with Gasteiger partial charge in [-0.2, -0.15) is 5.10 Å². The fourth-order valence-corrected chi connectivity index (χ4v) is 4.88. The molecule has 4 heterocycles. The summed E-state index contributed by atoms with van der Waals surface area (Å²) in [5.41, 5.74) is 0.583. The van der Waals surface area contributed by atoms with E-state index in [4.69, 9.17) is 9.47 Å². The molecule has 2 aliphatic rings. The first kappa shape index (κ1) is 23.8. The Morgan fingerprint density at radius 3 is 2.78 bits per heavy atom. The molecule has 1 aromatic carbocycles. The lowest BCUT2D eigenvalue weighted by Gasteiger charge is -2.27. The molecule has 2 aliphatic heterocycles. The zero-order valence-electron chi connectivity index (χ0n) is 20.3. The summed E-state index contributed by atoms with van der Waals surface area (Å²) in [6.07, 6.45) is 2.26. The van der Waals surface area contributed by atoms with Gasteiger partial charge >= 0.3 is 0 Å². The highest BCUT2D eigenvalue weighted by atomic mass is 19.1. The van der Waals surface area contributed by atoms with Gasteiger partial charge in [0, 0.05) is 37.8 Å². The zero-order chi connectivity index (χ0) is 25.4. The minimum atomic E-state index is -0.515. The molecule has 0 aliphatic carbocycles. The Morgan fingerprint density at radius 2 is 2.00 bits per heavy atom. The maximum atomic E-state index is 14.0. The van der Waals surface area contributed by atoms with Crippen molar-refractivity contribution in [2.24, 2.45) is 0 Å². The van der Waals surface area contributed by atoms with Crippen molar-refractivity contribution in [3.63, 3.8) is 0 Å². The number of nitrogens with zero attached hydrogens (tertiary/aromatic N) is 4. The Labute approximate surface area is 206 Å². The molecular weight excluding hydrogens is 469 g/mol. The molecule has 2 aromatic heterocycles. The van der Waals surface area contributed by atoms with Crippen LogP contribution in [-0.4, -0.2) is 64.4 Å². The van der Waals surface area contributed by atoms with E-state index < -0.39 is 17.3 Å². The highest BCUT2D eigenvalue weighted by Crippen LogP contribution is 2.35. The van der Waals surface area contributed by atoms with E-state index >= 15 is 0 Å². The predicted octanol–water partition coefficient (Wildman–Crippen LogP) is 2.16. The Bertz CT molecular complexity index is 1410. The average Bonchev–Trinajstić information content (AvgIpc) is 3.21. The van der Waals surface area contributed by atoms with Crippen LogP contribution in [0.15, 0.2) is 23.0 Å². The number of fused-ring (bicyclic) bond motifs is 7. The number of methoxy groups -OCH3 is 1. The van der Waals surface area contributed by atoms with Crippen LogP contribution in [0.25, 0.3) is 10.9 Å². The molecule has 0 atom stereocenters. The summed E-state index contributed by atoms with van der Waals surface area (Å²) in [4.78, 5) is 42.0. The molecule has 5 rings (SSSR count). The number of amides is 2. The molecule has 1 N–H and O–H groups in total. The van der Waals surface area contributed by atoms with E-state index in [1.165, 1.54) is 19.2 Å². The highest BCUT2D eigenvalue weighted by Gasteiger charge is 2.35. The summed E-state index contributed by atoms with van der Waals surface area (Å²) >= 11 is 0. The molecule has 0 saturated carbocycles. The fraction of sp³-hybridized carbons (Fsp3) is 0.440. The Kier molecular flexibility index (Phi) is 6.38. The van der Waals surface area contributed by atoms with Crippen molar-refractivity contribution in [1.82, 2.24) is 24.6 Å². The summed E-state index contributed by atoms with van der Waals surface area (Å²) in [6, 6.07) is 4.12.